The molecule has 0 bridgehead atoms. The standard InChI is InChI=1S/C19H22N4O3/c1-13-12-15(26-2)21-19(20-13)22-18(25)17(14-8-4-3-5-9-14)23-11-7-6-10-16(23)24/h3-5,8-9,12,17H,6-7,10-11H2,1-2H3,(H,20,21,22,25). The van der Waals surface area contributed by atoms with Gasteiger partial charge in [0.15, 0.2) is 0 Å². The molecule has 1 atom stereocenters. The minimum Gasteiger partial charge on any atom is -0.481 e. The number of piperidine rings is 1. The van der Waals surface area contributed by atoms with Gasteiger partial charge in [-0.2, -0.15) is 4.98 Å². The van der Waals surface area contributed by atoms with E-state index in [9.17, 15) is 9.59 Å². The maximum atomic E-state index is 13.0. The number of anilines is 1. The van der Waals surface area contributed by atoms with E-state index in [4.69, 9.17) is 4.74 Å². The summed E-state index contributed by atoms with van der Waals surface area (Å²) in [7, 11) is 1.51. The van der Waals surface area contributed by atoms with Crippen molar-refractivity contribution in [2.75, 3.05) is 19.0 Å². The quantitative estimate of drug-likeness (QED) is 0.892. The minimum atomic E-state index is -0.709. The lowest BCUT2D eigenvalue weighted by Crippen LogP contribution is -2.43. The van der Waals surface area contributed by atoms with Crippen molar-refractivity contribution < 1.29 is 14.3 Å². The molecule has 1 unspecified atom stereocenters. The van der Waals surface area contributed by atoms with Gasteiger partial charge in [-0.25, -0.2) is 4.98 Å². The maximum absolute atomic E-state index is 13.0. The largest absolute Gasteiger partial charge is 0.481 e. The Balaban J connectivity index is 1.90. The van der Waals surface area contributed by atoms with Crippen LogP contribution in [-0.4, -0.2) is 40.3 Å². The monoisotopic (exact) mass is 354 g/mol. The maximum Gasteiger partial charge on any atom is 0.254 e. The summed E-state index contributed by atoms with van der Waals surface area (Å²) < 4.78 is 5.13. The van der Waals surface area contributed by atoms with Gasteiger partial charge in [0.1, 0.15) is 6.04 Å². The van der Waals surface area contributed by atoms with Crippen molar-refractivity contribution in [3.63, 3.8) is 0 Å². The molecule has 7 nitrogen and oxygen atoms in total. The van der Waals surface area contributed by atoms with Crippen molar-refractivity contribution in [3.05, 3.63) is 47.7 Å². The van der Waals surface area contributed by atoms with Gasteiger partial charge in [-0.05, 0) is 25.3 Å². The highest BCUT2D eigenvalue weighted by Crippen LogP contribution is 2.27. The zero-order valence-electron chi connectivity index (χ0n) is 14.9. The topological polar surface area (TPSA) is 84.4 Å². The number of nitrogens with zero attached hydrogens (tertiary/aromatic N) is 3. The molecule has 2 heterocycles. The number of aromatic nitrogens is 2. The molecule has 1 fully saturated rings. The summed E-state index contributed by atoms with van der Waals surface area (Å²) in [6.07, 6.45) is 2.21. The second-order valence-corrected chi connectivity index (χ2v) is 6.22. The second-order valence-electron chi connectivity index (χ2n) is 6.22. The molecule has 1 aromatic heterocycles. The summed E-state index contributed by atoms with van der Waals surface area (Å²) >= 11 is 0. The third kappa shape index (κ3) is 3.99. The molecule has 1 aromatic carbocycles. The normalized spacial score (nSPS) is 15.5. The molecule has 0 radical (unpaired) electrons. The van der Waals surface area contributed by atoms with E-state index in [-0.39, 0.29) is 17.8 Å². The Labute approximate surface area is 152 Å². The number of likely N-dealkylation sites (tertiary alicyclic amines) is 1. The van der Waals surface area contributed by atoms with Gasteiger partial charge >= 0.3 is 0 Å². The summed E-state index contributed by atoms with van der Waals surface area (Å²) in [5, 5.41) is 2.74. The van der Waals surface area contributed by atoms with E-state index in [0.717, 1.165) is 18.4 Å². The van der Waals surface area contributed by atoms with Gasteiger partial charge < -0.3 is 9.64 Å². The fraction of sp³-hybridized carbons (Fsp3) is 0.368. The van der Waals surface area contributed by atoms with Gasteiger partial charge in [0.25, 0.3) is 5.91 Å². The Morgan fingerprint density at radius 3 is 2.69 bits per heavy atom. The van der Waals surface area contributed by atoms with Crippen molar-refractivity contribution >= 4 is 17.8 Å². The number of benzene rings is 1. The Morgan fingerprint density at radius 2 is 2.00 bits per heavy atom. The molecular weight excluding hydrogens is 332 g/mol. The Hall–Kier alpha value is -2.96. The first-order chi connectivity index (χ1) is 12.6. The number of carbonyl (C=O) groups excluding carboxylic acids is 2. The van der Waals surface area contributed by atoms with Crippen molar-refractivity contribution in [2.24, 2.45) is 0 Å². The molecule has 0 aliphatic carbocycles. The van der Waals surface area contributed by atoms with E-state index in [1.807, 2.05) is 30.3 Å². The Bertz CT molecular complexity index is 795. The molecule has 136 valence electrons. The third-order valence-corrected chi connectivity index (χ3v) is 4.31. The summed E-state index contributed by atoms with van der Waals surface area (Å²) in [6, 6.07) is 10.3. The number of amides is 2. The van der Waals surface area contributed by atoms with E-state index in [1.54, 1.807) is 17.9 Å². The van der Waals surface area contributed by atoms with Crippen LogP contribution in [-0.2, 0) is 9.59 Å². The predicted octanol–water partition coefficient (Wildman–Crippen LogP) is 2.49. The third-order valence-electron chi connectivity index (χ3n) is 4.31. The molecule has 26 heavy (non-hydrogen) atoms. The highest BCUT2D eigenvalue weighted by Gasteiger charge is 2.33. The van der Waals surface area contributed by atoms with Crippen molar-refractivity contribution in [1.82, 2.24) is 14.9 Å². The van der Waals surface area contributed by atoms with Gasteiger partial charge in [-0.3, -0.25) is 14.9 Å². The lowest BCUT2D eigenvalue weighted by atomic mass is 10.0. The number of rotatable bonds is 5. The van der Waals surface area contributed by atoms with Crippen LogP contribution in [0.4, 0.5) is 5.95 Å². The van der Waals surface area contributed by atoms with E-state index >= 15 is 0 Å². The van der Waals surface area contributed by atoms with Crippen LogP contribution in [0, 0.1) is 6.92 Å². The SMILES string of the molecule is COc1cc(C)nc(NC(=O)C(c2ccccc2)N2CCCCC2=O)n1. The van der Waals surface area contributed by atoms with Crippen LogP contribution in [0.1, 0.15) is 36.6 Å². The first-order valence-corrected chi connectivity index (χ1v) is 8.63. The predicted molar refractivity (Wildman–Crippen MR) is 96.7 cm³/mol. The highest BCUT2D eigenvalue weighted by atomic mass is 16.5. The molecule has 7 heteroatoms. The summed E-state index contributed by atoms with van der Waals surface area (Å²) in [4.78, 5) is 35.5. The van der Waals surface area contributed by atoms with Crippen molar-refractivity contribution in [2.45, 2.75) is 32.2 Å². The number of nitrogens with one attached hydrogen (secondary N) is 1. The van der Waals surface area contributed by atoms with Gasteiger partial charge in [0.05, 0.1) is 7.11 Å². The van der Waals surface area contributed by atoms with E-state index < -0.39 is 6.04 Å². The van der Waals surface area contributed by atoms with E-state index in [2.05, 4.69) is 15.3 Å². The minimum absolute atomic E-state index is 0.0111. The molecule has 1 N–H and O–H groups in total. The molecule has 1 saturated heterocycles. The molecular formula is C19H22N4O3. The zero-order valence-corrected chi connectivity index (χ0v) is 14.9. The first-order valence-electron chi connectivity index (χ1n) is 8.63. The molecule has 3 rings (SSSR count). The Kier molecular flexibility index (Phi) is 5.46. The highest BCUT2D eigenvalue weighted by molar-refractivity contribution is 5.97. The van der Waals surface area contributed by atoms with Crippen LogP contribution in [0.3, 0.4) is 0 Å². The van der Waals surface area contributed by atoms with E-state index in [0.29, 0.717) is 24.5 Å². The number of hydrogen-bond donors (Lipinski definition) is 1. The van der Waals surface area contributed by atoms with Crippen molar-refractivity contribution in [3.8, 4) is 5.88 Å². The first kappa shape index (κ1) is 17.8. The number of methoxy groups -OCH3 is 1. The summed E-state index contributed by atoms with van der Waals surface area (Å²) in [5.74, 6) is 0.192. The molecule has 1 aliphatic rings. The van der Waals surface area contributed by atoms with Gasteiger partial charge in [-0.1, -0.05) is 30.3 Å². The summed E-state index contributed by atoms with van der Waals surface area (Å²) in [6.45, 7) is 2.35. The molecule has 2 aromatic rings. The Morgan fingerprint density at radius 1 is 1.23 bits per heavy atom. The van der Waals surface area contributed by atoms with Gasteiger partial charge in [-0.15, -0.1) is 0 Å². The number of hydrogen-bond acceptors (Lipinski definition) is 5. The van der Waals surface area contributed by atoms with Crippen LogP contribution >= 0.6 is 0 Å². The average molecular weight is 354 g/mol. The van der Waals surface area contributed by atoms with Crippen LogP contribution in [0.2, 0.25) is 0 Å². The molecule has 1 aliphatic heterocycles. The molecule has 0 saturated carbocycles. The van der Waals surface area contributed by atoms with Crippen LogP contribution in [0.25, 0.3) is 0 Å². The van der Waals surface area contributed by atoms with Crippen LogP contribution < -0.4 is 10.1 Å². The lowest BCUT2D eigenvalue weighted by Gasteiger charge is -2.33. The average Bonchev–Trinajstić information content (AvgIpc) is 2.64. The summed E-state index contributed by atoms with van der Waals surface area (Å²) in [5.41, 5.74) is 1.44. The van der Waals surface area contributed by atoms with Gasteiger partial charge in [0, 0.05) is 24.7 Å². The number of ether oxygens (including phenoxy) is 1. The smallest absolute Gasteiger partial charge is 0.254 e. The van der Waals surface area contributed by atoms with Crippen LogP contribution in [0.15, 0.2) is 36.4 Å². The fourth-order valence-corrected chi connectivity index (χ4v) is 3.09. The van der Waals surface area contributed by atoms with Crippen molar-refractivity contribution in [1.29, 1.82) is 0 Å². The molecule has 0 spiro atoms. The zero-order chi connectivity index (χ0) is 18.5. The number of carbonyl (C=O) groups is 2. The number of aryl methyl sites for hydroxylation is 1. The van der Waals surface area contributed by atoms with Gasteiger partial charge in [0.2, 0.25) is 17.7 Å². The lowest BCUT2D eigenvalue weighted by molar-refractivity contribution is -0.141. The second kappa shape index (κ2) is 7.95. The van der Waals surface area contributed by atoms with E-state index in [1.165, 1.54) is 7.11 Å². The fourth-order valence-electron chi connectivity index (χ4n) is 3.09. The molecule has 2 amide bonds. The van der Waals surface area contributed by atoms with Crippen LogP contribution in [0.5, 0.6) is 5.88 Å².